The first-order chi connectivity index (χ1) is 28.0. The van der Waals surface area contributed by atoms with Crippen molar-refractivity contribution in [2.24, 2.45) is 11.3 Å². The van der Waals surface area contributed by atoms with Crippen LogP contribution in [0.25, 0.3) is 0 Å². The Kier molecular flexibility index (Phi) is 16.3. The van der Waals surface area contributed by atoms with Crippen LogP contribution in [0.4, 0.5) is 17.6 Å². The number of carbonyl (C=O) groups excluding carboxylic acids is 7. The maximum Gasteiger partial charge on any atom is 0.403 e. The van der Waals surface area contributed by atoms with Gasteiger partial charge in [-0.05, 0) is 82.1 Å². The molecule has 2 aliphatic heterocycles. The smallest absolute Gasteiger partial charge is 0.344 e. The number of carbonyl (C=O) groups is 7. The molecule has 14 nitrogen and oxygen atoms in total. The average molecular weight is 893 g/mol. The molecule has 1 saturated carbocycles. The highest BCUT2D eigenvalue weighted by Gasteiger charge is 2.65. The van der Waals surface area contributed by atoms with Gasteiger partial charge in [-0.2, -0.15) is 13.2 Å². The number of hydrogen-bond acceptors (Lipinski definition) is 7. The zero-order valence-electron chi connectivity index (χ0n) is 34.6. The van der Waals surface area contributed by atoms with E-state index in [4.69, 9.17) is 23.2 Å². The number of nitrogens with one attached hydrogen (secondary N) is 4. The van der Waals surface area contributed by atoms with Crippen LogP contribution >= 0.6 is 23.2 Å². The van der Waals surface area contributed by atoms with E-state index in [9.17, 15) is 51.1 Å². The summed E-state index contributed by atoms with van der Waals surface area (Å²) in [6.45, 7) is 5.93. The van der Waals surface area contributed by atoms with Crippen molar-refractivity contribution in [2.45, 2.75) is 134 Å². The zero-order valence-corrected chi connectivity index (χ0v) is 36.1. The summed E-state index contributed by atoms with van der Waals surface area (Å²) >= 11 is 12.7. The van der Waals surface area contributed by atoms with Crippen LogP contribution in [-0.4, -0.2) is 132 Å². The number of likely N-dealkylation sites (N-methyl/N-ethyl adjacent to an activating group) is 2. The first-order valence-electron chi connectivity index (χ1n) is 20.2. The first-order valence-corrected chi connectivity index (χ1v) is 20.9. The number of alkyl halides is 4. The first kappa shape index (κ1) is 48.5. The Morgan fingerprint density at radius 2 is 1.63 bits per heavy atom. The molecule has 3 aliphatic rings. The van der Waals surface area contributed by atoms with E-state index in [0.717, 1.165) is 0 Å². The van der Waals surface area contributed by atoms with Crippen LogP contribution in [0.15, 0.2) is 18.2 Å². The van der Waals surface area contributed by atoms with E-state index in [0.29, 0.717) is 28.3 Å². The number of benzene rings is 1. The van der Waals surface area contributed by atoms with Crippen molar-refractivity contribution < 1.29 is 51.1 Å². The van der Waals surface area contributed by atoms with Gasteiger partial charge >= 0.3 is 6.18 Å². The third-order valence-electron chi connectivity index (χ3n) is 11.6. The molecule has 4 N–H and O–H groups in total. The summed E-state index contributed by atoms with van der Waals surface area (Å²) in [5, 5.41) is 11.0. The monoisotopic (exact) mass is 891 g/mol. The minimum Gasteiger partial charge on any atom is -0.344 e. The van der Waals surface area contributed by atoms with Gasteiger partial charge < -0.3 is 36.0 Å². The number of nitrogens with zero attached hydrogens (tertiary/aromatic N) is 3. The van der Waals surface area contributed by atoms with Crippen LogP contribution in [0.2, 0.25) is 10.0 Å². The van der Waals surface area contributed by atoms with Gasteiger partial charge in [0, 0.05) is 43.5 Å². The second kappa shape index (κ2) is 20.1. The fourth-order valence-corrected chi connectivity index (χ4v) is 8.20. The quantitative estimate of drug-likeness (QED) is 0.274. The Balaban J connectivity index is 1.57. The van der Waals surface area contributed by atoms with Crippen LogP contribution in [0.1, 0.15) is 84.6 Å². The molecule has 1 aromatic carbocycles. The van der Waals surface area contributed by atoms with E-state index in [1.54, 1.807) is 25.2 Å². The largest absolute Gasteiger partial charge is 0.403 e. The summed E-state index contributed by atoms with van der Waals surface area (Å²) in [6, 6.07) is -3.02. The third-order valence-corrected chi connectivity index (χ3v) is 12.2. The Morgan fingerprint density at radius 3 is 2.23 bits per heavy atom. The maximum atomic E-state index is 14.6. The van der Waals surface area contributed by atoms with Gasteiger partial charge in [0.2, 0.25) is 41.4 Å². The van der Waals surface area contributed by atoms with E-state index in [1.807, 2.05) is 13.8 Å². The summed E-state index contributed by atoms with van der Waals surface area (Å²) < 4.78 is 56.6. The number of likely N-dealkylation sites (tertiary alicyclic amines) is 1. The molecule has 0 radical (unpaired) electrons. The normalized spacial score (nSPS) is 26.6. The van der Waals surface area contributed by atoms with Crippen LogP contribution in [-0.2, 0) is 40.0 Å². The lowest BCUT2D eigenvalue weighted by Gasteiger charge is -2.44. The lowest BCUT2D eigenvalue weighted by Crippen LogP contribution is -2.61. The van der Waals surface area contributed by atoms with Gasteiger partial charge in [-0.15, -0.1) is 0 Å². The van der Waals surface area contributed by atoms with Gasteiger partial charge in [-0.25, -0.2) is 4.39 Å². The lowest BCUT2D eigenvalue weighted by molar-refractivity contribution is -0.248. The Labute approximate surface area is 357 Å². The summed E-state index contributed by atoms with van der Waals surface area (Å²) in [4.78, 5) is 98.9. The van der Waals surface area contributed by atoms with Crippen LogP contribution in [0.3, 0.4) is 0 Å². The molecule has 7 atom stereocenters. The highest BCUT2D eigenvalue weighted by molar-refractivity contribution is 6.33. The van der Waals surface area contributed by atoms with Gasteiger partial charge in [-0.1, -0.05) is 43.5 Å². The van der Waals surface area contributed by atoms with Crippen molar-refractivity contribution in [1.29, 1.82) is 0 Å². The molecule has 3 fully saturated rings. The van der Waals surface area contributed by atoms with E-state index in [1.165, 1.54) is 30.7 Å². The molecule has 20 heteroatoms. The second-order valence-corrected chi connectivity index (χ2v) is 17.5. The average Bonchev–Trinajstić information content (AvgIpc) is 3.54. The van der Waals surface area contributed by atoms with Gasteiger partial charge in [-0.3, -0.25) is 33.6 Å². The molecule has 1 aliphatic carbocycles. The van der Waals surface area contributed by atoms with Crippen molar-refractivity contribution in [3.8, 4) is 0 Å². The topological polar surface area (TPSA) is 177 Å². The Morgan fingerprint density at radius 1 is 0.967 bits per heavy atom. The molecule has 1 aromatic rings. The standard InChI is InChI=1S/C40H55Cl2F4N7O7/c1-21(2)16-29-37(59)52(6)30(18-24-17-25(41)11-12-27(24)42)34(56)48-23(4)36(58)51(5)15-8-7-10-28(33(55)50-29)49-32(54)22(3)47-35(57)31-19-26(43)20-53(31)38(60)39(13-9-14-39)40(44,45)46/h11-12,17,21-23,26,28-31H,7-10,13-16,18-20H2,1-6H3,(H,47,57)(H,48,56)(H,49,54)(H,50,55)/t22-,23+,26+,28-,29-,30-,31-/m0/s1. The minimum atomic E-state index is -4.89. The van der Waals surface area contributed by atoms with Gasteiger partial charge in [0.15, 0.2) is 0 Å². The van der Waals surface area contributed by atoms with E-state index >= 15 is 0 Å². The molecule has 0 bridgehead atoms. The fraction of sp³-hybridized carbons (Fsp3) is 0.675. The highest BCUT2D eigenvalue weighted by Crippen LogP contribution is 2.54. The summed E-state index contributed by atoms with van der Waals surface area (Å²) in [5.74, 6) is -5.92. The predicted molar refractivity (Wildman–Crippen MR) is 214 cm³/mol. The predicted octanol–water partition coefficient (Wildman–Crippen LogP) is 3.70. The molecular formula is C40H55Cl2F4N7O7. The van der Waals surface area contributed by atoms with E-state index < -0.39 is 121 Å². The van der Waals surface area contributed by atoms with Crippen LogP contribution < -0.4 is 21.3 Å². The summed E-state index contributed by atoms with van der Waals surface area (Å²) in [5.41, 5.74) is -2.25. The van der Waals surface area contributed by atoms with Gasteiger partial charge in [0.1, 0.15) is 47.8 Å². The number of rotatable bonds is 9. The molecule has 0 unspecified atom stereocenters. The molecule has 0 spiro atoms. The summed E-state index contributed by atoms with van der Waals surface area (Å²) in [7, 11) is 2.92. The molecular weight excluding hydrogens is 837 g/mol. The van der Waals surface area contributed by atoms with Gasteiger partial charge in [0.25, 0.3) is 0 Å². The SMILES string of the molecule is CC(C)C[C@@H]1NC(=O)[C@@H](NC(=O)[C@H](C)NC(=O)[C@@H]2C[C@@H](F)CN2C(=O)C2(C(F)(F)F)CCC2)CCCCN(C)C(=O)[C@@H](C)NC(=O)[C@H](Cc2cc(Cl)ccc2Cl)N(C)C1=O. The minimum absolute atomic E-state index is 0.0227. The fourth-order valence-electron chi connectivity index (χ4n) is 7.81. The molecule has 2 heterocycles. The second-order valence-electron chi connectivity index (χ2n) is 16.6. The van der Waals surface area contributed by atoms with Crippen molar-refractivity contribution in [3.05, 3.63) is 33.8 Å². The number of halogens is 6. The van der Waals surface area contributed by atoms with Crippen molar-refractivity contribution in [3.63, 3.8) is 0 Å². The van der Waals surface area contributed by atoms with E-state index in [-0.39, 0.29) is 43.2 Å². The molecule has 7 amide bonds. The maximum absolute atomic E-state index is 14.6. The van der Waals surface area contributed by atoms with Crippen LogP contribution in [0, 0.1) is 11.3 Å². The van der Waals surface area contributed by atoms with Crippen molar-refractivity contribution in [1.82, 2.24) is 36.0 Å². The molecule has 2 saturated heterocycles. The number of hydrogen-bond donors (Lipinski definition) is 4. The Bertz CT molecular complexity index is 1800. The lowest BCUT2D eigenvalue weighted by atomic mass is 9.67. The molecule has 334 valence electrons. The molecule has 4 rings (SSSR count). The summed E-state index contributed by atoms with van der Waals surface area (Å²) in [6.07, 6.45) is -7.32. The van der Waals surface area contributed by atoms with Crippen molar-refractivity contribution in [2.75, 3.05) is 27.2 Å². The highest BCUT2D eigenvalue weighted by atomic mass is 35.5. The third kappa shape index (κ3) is 11.4. The van der Waals surface area contributed by atoms with E-state index in [2.05, 4.69) is 21.3 Å². The van der Waals surface area contributed by atoms with Crippen molar-refractivity contribution >= 4 is 64.6 Å². The van der Waals surface area contributed by atoms with Gasteiger partial charge in [0.05, 0.1) is 6.54 Å². The zero-order chi connectivity index (χ0) is 44.9. The molecule has 60 heavy (non-hydrogen) atoms. The molecule has 0 aromatic heterocycles. The van der Waals surface area contributed by atoms with Crippen LogP contribution in [0.5, 0.6) is 0 Å². The Hall–Kier alpha value is -4.19. The number of amides is 7.